The summed E-state index contributed by atoms with van der Waals surface area (Å²) in [7, 11) is 1.84. The molecule has 2 aromatic heterocycles. The van der Waals surface area contributed by atoms with E-state index in [9.17, 15) is 0 Å². The Morgan fingerprint density at radius 3 is 2.73 bits per heavy atom. The molecule has 0 aliphatic heterocycles. The maximum atomic E-state index is 8.72. The molecule has 0 fully saturated rings. The van der Waals surface area contributed by atoms with Gasteiger partial charge >= 0.3 is 0 Å². The summed E-state index contributed by atoms with van der Waals surface area (Å²) in [5.41, 5.74) is 2.87. The topological polar surface area (TPSA) is 67.4 Å². The van der Waals surface area contributed by atoms with Crippen molar-refractivity contribution in [1.82, 2.24) is 19.7 Å². The minimum atomic E-state index is 0.360. The molecule has 15 heavy (non-hydrogen) atoms. The Bertz CT molecular complexity index is 535. The minimum Gasteiger partial charge on any atom is -0.266 e. The first-order valence-electron chi connectivity index (χ1n) is 4.44. The summed E-state index contributed by atoms with van der Waals surface area (Å²) >= 11 is 0. The number of nitrogens with zero attached hydrogens (tertiary/aromatic N) is 5. The number of aromatic nitrogens is 4. The van der Waals surface area contributed by atoms with Crippen molar-refractivity contribution in [3.63, 3.8) is 0 Å². The van der Waals surface area contributed by atoms with Gasteiger partial charge in [-0.25, -0.2) is 9.97 Å². The molecule has 0 aliphatic carbocycles. The highest BCUT2D eigenvalue weighted by Crippen LogP contribution is 2.16. The zero-order valence-electron chi connectivity index (χ0n) is 8.47. The quantitative estimate of drug-likeness (QED) is 0.688. The van der Waals surface area contributed by atoms with Gasteiger partial charge in [-0.1, -0.05) is 0 Å². The van der Waals surface area contributed by atoms with Crippen LogP contribution in [-0.4, -0.2) is 19.7 Å². The van der Waals surface area contributed by atoms with Gasteiger partial charge in [0.25, 0.3) is 0 Å². The van der Waals surface area contributed by atoms with E-state index in [0.717, 1.165) is 11.4 Å². The summed E-state index contributed by atoms with van der Waals surface area (Å²) in [5, 5.41) is 12.9. The highest BCUT2D eigenvalue weighted by atomic mass is 15.3. The van der Waals surface area contributed by atoms with E-state index in [4.69, 9.17) is 5.26 Å². The second-order valence-electron chi connectivity index (χ2n) is 3.19. The summed E-state index contributed by atoms with van der Waals surface area (Å²) in [5.74, 6) is 0. The van der Waals surface area contributed by atoms with E-state index >= 15 is 0 Å². The van der Waals surface area contributed by atoms with E-state index in [0.29, 0.717) is 11.4 Å². The standard InChI is InChI=1S/C10H9N5/c1-7-3-10(15(2)14-7)9-4-8(5-11)12-6-13-9/h3-4,6H,1-2H3. The maximum Gasteiger partial charge on any atom is 0.144 e. The molecule has 0 N–H and O–H groups in total. The molecule has 0 amide bonds. The lowest BCUT2D eigenvalue weighted by atomic mass is 10.2. The zero-order chi connectivity index (χ0) is 10.8. The van der Waals surface area contributed by atoms with Crippen LogP contribution in [0.2, 0.25) is 0 Å². The Balaban J connectivity index is 2.55. The van der Waals surface area contributed by atoms with Crippen molar-refractivity contribution in [3.8, 4) is 17.5 Å². The Morgan fingerprint density at radius 2 is 2.13 bits per heavy atom. The molecule has 5 heteroatoms. The summed E-state index contributed by atoms with van der Waals surface area (Å²) in [6.45, 7) is 1.91. The van der Waals surface area contributed by atoms with Crippen molar-refractivity contribution < 1.29 is 0 Å². The Morgan fingerprint density at radius 1 is 1.33 bits per heavy atom. The van der Waals surface area contributed by atoms with Crippen LogP contribution in [0.3, 0.4) is 0 Å². The summed E-state index contributed by atoms with van der Waals surface area (Å²) in [6.07, 6.45) is 1.39. The predicted molar refractivity (Wildman–Crippen MR) is 53.7 cm³/mol. The lowest BCUT2D eigenvalue weighted by Crippen LogP contribution is -1.96. The van der Waals surface area contributed by atoms with Gasteiger partial charge in [0.05, 0.1) is 17.1 Å². The Hall–Kier alpha value is -2.22. The van der Waals surface area contributed by atoms with Crippen LogP contribution in [0.25, 0.3) is 11.4 Å². The number of hydrogen-bond donors (Lipinski definition) is 0. The fourth-order valence-corrected chi connectivity index (χ4v) is 1.41. The van der Waals surface area contributed by atoms with E-state index in [2.05, 4.69) is 15.1 Å². The first kappa shape index (κ1) is 9.34. The van der Waals surface area contributed by atoms with Crippen LogP contribution < -0.4 is 0 Å². The highest BCUT2D eigenvalue weighted by molar-refractivity contribution is 5.56. The molecule has 0 aromatic carbocycles. The average Bonchev–Trinajstić information content (AvgIpc) is 2.58. The number of hydrogen-bond acceptors (Lipinski definition) is 4. The summed E-state index contributed by atoms with van der Waals surface area (Å²) in [4.78, 5) is 7.93. The minimum absolute atomic E-state index is 0.360. The predicted octanol–water partition coefficient (Wildman–Crippen LogP) is 1.06. The first-order chi connectivity index (χ1) is 7.20. The first-order valence-corrected chi connectivity index (χ1v) is 4.44. The van der Waals surface area contributed by atoms with Crippen molar-refractivity contribution in [2.75, 3.05) is 0 Å². The molecule has 2 aromatic rings. The molecular formula is C10H9N5. The zero-order valence-corrected chi connectivity index (χ0v) is 8.47. The monoisotopic (exact) mass is 199 g/mol. The van der Waals surface area contributed by atoms with Gasteiger partial charge in [0, 0.05) is 13.1 Å². The van der Waals surface area contributed by atoms with Crippen LogP contribution >= 0.6 is 0 Å². The van der Waals surface area contributed by atoms with Crippen molar-refractivity contribution in [2.24, 2.45) is 7.05 Å². The third-order valence-corrected chi connectivity index (χ3v) is 2.05. The number of rotatable bonds is 1. The molecule has 5 nitrogen and oxygen atoms in total. The maximum absolute atomic E-state index is 8.72. The van der Waals surface area contributed by atoms with Crippen LogP contribution in [0.5, 0.6) is 0 Å². The highest BCUT2D eigenvalue weighted by Gasteiger charge is 2.07. The van der Waals surface area contributed by atoms with Crippen molar-refractivity contribution in [2.45, 2.75) is 6.92 Å². The Kier molecular flexibility index (Phi) is 2.18. The van der Waals surface area contributed by atoms with Crippen LogP contribution in [0.4, 0.5) is 0 Å². The number of nitriles is 1. The molecule has 0 saturated heterocycles. The van der Waals surface area contributed by atoms with Crippen molar-refractivity contribution >= 4 is 0 Å². The molecule has 0 bridgehead atoms. The fourth-order valence-electron chi connectivity index (χ4n) is 1.41. The summed E-state index contributed by atoms with van der Waals surface area (Å²) in [6, 6.07) is 5.55. The average molecular weight is 199 g/mol. The molecule has 0 unspecified atom stereocenters. The molecular weight excluding hydrogens is 190 g/mol. The van der Waals surface area contributed by atoms with Gasteiger partial charge in [0.15, 0.2) is 0 Å². The third-order valence-electron chi connectivity index (χ3n) is 2.05. The fraction of sp³-hybridized carbons (Fsp3) is 0.200. The molecule has 0 saturated carbocycles. The SMILES string of the molecule is Cc1cc(-c2cc(C#N)ncn2)n(C)n1. The van der Waals surface area contributed by atoms with E-state index in [1.165, 1.54) is 6.33 Å². The normalized spacial score (nSPS) is 9.93. The molecule has 0 radical (unpaired) electrons. The second kappa shape index (κ2) is 3.50. The van der Waals surface area contributed by atoms with Crippen molar-refractivity contribution in [3.05, 3.63) is 29.8 Å². The van der Waals surface area contributed by atoms with Gasteiger partial charge in [0.1, 0.15) is 18.1 Å². The van der Waals surface area contributed by atoms with Gasteiger partial charge in [-0.15, -0.1) is 0 Å². The molecule has 2 heterocycles. The summed E-state index contributed by atoms with van der Waals surface area (Å²) < 4.78 is 1.73. The number of aryl methyl sites for hydroxylation is 2. The second-order valence-corrected chi connectivity index (χ2v) is 3.19. The van der Waals surface area contributed by atoms with E-state index in [1.807, 2.05) is 26.1 Å². The van der Waals surface area contributed by atoms with Crippen LogP contribution in [-0.2, 0) is 7.05 Å². The molecule has 0 spiro atoms. The lowest BCUT2D eigenvalue weighted by Gasteiger charge is -1.99. The molecule has 0 aliphatic rings. The van der Waals surface area contributed by atoms with Crippen LogP contribution in [0, 0.1) is 18.3 Å². The molecule has 2 rings (SSSR count). The third kappa shape index (κ3) is 1.70. The molecule has 0 atom stereocenters. The Labute approximate surface area is 87.0 Å². The van der Waals surface area contributed by atoms with E-state index in [1.54, 1.807) is 10.7 Å². The van der Waals surface area contributed by atoms with Gasteiger partial charge in [0.2, 0.25) is 0 Å². The van der Waals surface area contributed by atoms with Crippen LogP contribution in [0.15, 0.2) is 18.5 Å². The lowest BCUT2D eigenvalue weighted by molar-refractivity contribution is 0.761. The van der Waals surface area contributed by atoms with Crippen molar-refractivity contribution in [1.29, 1.82) is 5.26 Å². The van der Waals surface area contributed by atoms with Gasteiger partial charge in [-0.05, 0) is 13.0 Å². The largest absolute Gasteiger partial charge is 0.266 e. The van der Waals surface area contributed by atoms with Crippen LogP contribution in [0.1, 0.15) is 11.4 Å². The van der Waals surface area contributed by atoms with Gasteiger partial charge < -0.3 is 0 Å². The van der Waals surface area contributed by atoms with E-state index in [-0.39, 0.29) is 0 Å². The smallest absolute Gasteiger partial charge is 0.144 e. The van der Waals surface area contributed by atoms with E-state index < -0.39 is 0 Å². The van der Waals surface area contributed by atoms with Gasteiger partial charge in [-0.3, -0.25) is 4.68 Å². The molecule has 74 valence electrons. The van der Waals surface area contributed by atoms with Gasteiger partial charge in [-0.2, -0.15) is 10.4 Å².